The molecule has 1 aliphatic heterocycles. The van der Waals surface area contributed by atoms with E-state index in [2.05, 4.69) is 20.8 Å². The van der Waals surface area contributed by atoms with Crippen LogP contribution in [-0.4, -0.2) is 47.3 Å². The predicted octanol–water partition coefficient (Wildman–Crippen LogP) is 1.84. The quantitative estimate of drug-likeness (QED) is 0.769. The van der Waals surface area contributed by atoms with Gasteiger partial charge in [-0.1, -0.05) is 16.8 Å². The predicted molar refractivity (Wildman–Crippen MR) is 101 cm³/mol. The molecule has 1 fully saturated rings. The molecule has 3 rings (SSSR count). The van der Waals surface area contributed by atoms with Gasteiger partial charge < -0.3 is 20.1 Å². The van der Waals surface area contributed by atoms with Gasteiger partial charge in [0.2, 0.25) is 17.7 Å². The molecular weight excluding hydrogens is 378 g/mol. The third-order valence-electron chi connectivity index (χ3n) is 3.64. The second-order valence-electron chi connectivity index (χ2n) is 5.71. The Balaban J connectivity index is 1.52. The topological polar surface area (TPSA) is 100 Å². The van der Waals surface area contributed by atoms with Crippen molar-refractivity contribution in [2.24, 2.45) is 0 Å². The van der Waals surface area contributed by atoms with Gasteiger partial charge in [0.15, 0.2) is 5.82 Å². The summed E-state index contributed by atoms with van der Waals surface area (Å²) in [5.41, 5.74) is 1.39. The van der Waals surface area contributed by atoms with Crippen LogP contribution in [0.3, 0.4) is 0 Å². The maximum Gasteiger partial charge on any atom is 0.239 e. The van der Waals surface area contributed by atoms with Crippen LogP contribution in [0.5, 0.6) is 0 Å². The van der Waals surface area contributed by atoms with Crippen LogP contribution in [0.25, 0.3) is 0 Å². The lowest BCUT2D eigenvalue weighted by atomic mass is 10.2. The third-order valence-corrected chi connectivity index (χ3v) is 4.88. The Kier molecular flexibility index (Phi) is 6.00. The van der Waals surface area contributed by atoms with Crippen LogP contribution < -0.4 is 15.5 Å². The first-order chi connectivity index (χ1) is 12.5. The van der Waals surface area contributed by atoms with E-state index in [1.54, 1.807) is 19.1 Å². The van der Waals surface area contributed by atoms with Crippen LogP contribution in [0.4, 0.5) is 11.4 Å². The standard InChI is InChI=1S/C16H18ClN5O3S/c1-10-19-14(21-25-10)8-26-9-16(24)20-11-2-3-13(12(17)6-11)22-5-4-18-15(23)7-22/h2-3,6H,4-5,7-9H2,1H3,(H,18,23)(H,20,24). The fourth-order valence-electron chi connectivity index (χ4n) is 2.52. The molecule has 2 amide bonds. The lowest BCUT2D eigenvalue weighted by Gasteiger charge is -2.29. The maximum atomic E-state index is 12.0. The Morgan fingerprint density at radius 2 is 2.35 bits per heavy atom. The average Bonchev–Trinajstić information content (AvgIpc) is 3.00. The van der Waals surface area contributed by atoms with Gasteiger partial charge in [0.05, 0.1) is 28.8 Å². The molecule has 0 spiro atoms. The van der Waals surface area contributed by atoms with Crippen molar-refractivity contribution >= 4 is 46.6 Å². The van der Waals surface area contributed by atoms with Crippen molar-refractivity contribution in [3.8, 4) is 0 Å². The number of nitrogens with one attached hydrogen (secondary N) is 2. The second-order valence-corrected chi connectivity index (χ2v) is 7.10. The van der Waals surface area contributed by atoms with Gasteiger partial charge in [-0.25, -0.2) is 0 Å². The molecule has 2 N–H and O–H groups in total. The van der Waals surface area contributed by atoms with Crippen molar-refractivity contribution in [2.75, 3.05) is 35.6 Å². The summed E-state index contributed by atoms with van der Waals surface area (Å²) in [5, 5.41) is 9.85. The van der Waals surface area contributed by atoms with Gasteiger partial charge in [0.1, 0.15) is 0 Å². The Bertz CT molecular complexity index is 813. The van der Waals surface area contributed by atoms with Crippen molar-refractivity contribution in [3.63, 3.8) is 0 Å². The van der Waals surface area contributed by atoms with Crippen molar-refractivity contribution in [2.45, 2.75) is 12.7 Å². The molecular formula is C16H18ClN5O3S. The number of aromatic nitrogens is 2. The molecule has 138 valence electrons. The number of piperazine rings is 1. The number of carbonyl (C=O) groups excluding carboxylic acids is 2. The number of anilines is 2. The Morgan fingerprint density at radius 3 is 3.04 bits per heavy atom. The van der Waals surface area contributed by atoms with Crippen molar-refractivity contribution in [1.82, 2.24) is 15.5 Å². The smallest absolute Gasteiger partial charge is 0.239 e. The number of carbonyl (C=O) groups is 2. The summed E-state index contributed by atoms with van der Waals surface area (Å²) >= 11 is 7.72. The molecule has 1 aromatic carbocycles. The highest BCUT2D eigenvalue weighted by Crippen LogP contribution is 2.29. The van der Waals surface area contributed by atoms with Gasteiger partial charge in [-0.05, 0) is 18.2 Å². The number of hydrogen-bond acceptors (Lipinski definition) is 7. The van der Waals surface area contributed by atoms with E-state index in [0.717, 1.165) is 5.69 Å². The average molecular weight is 396 g/mol. The minimum absolute atomic E-state index is 0.0292. The largest absolute Gasteiger partial charge is 0.359 e. The van der Waals surface area contributed by atoms with Crippen molar-refractivity contribution in [3.05, 3.63) is 34.9 Å². The number of aryl methyl sites for hydroxylation is 1. The molecule has 2 aromatic rings. The van der Waals surface area contributed by atoms with Crippen LogP contribution in [0, 0.1) is 6.92 Å². The van der Waals surface area contributed by atoms with E-state index in [1.165, 1.54) is 11.8 Å². The molecule has 0 bridgehead atoms. The summed E-state index contributed by atoms with van der Waals surface area (Å²) in [6.45, 7) is 3.28. The molecule has 10 heteroatoms. The molecule has 1 aliphatic rings. The summed E-state index contributed by atoms with van der Waals surface area (Å²) in [5.74, 6) is 1.67. The monoisotopic (exact) mass is 395 g/mol. The maximum absolute atomic E-state index is 12.0. The Morgan fingerprint density at radius 1 is 1.50 bits per heavy atom. The van der Waals surface area contributed by atoms with Gasteiger partial charge in [0, 0.05) is 25.7 Å². The van der Waals surface area contributed by atoms with E-state index >= 15 is 0 Å². The molecule has 1 saturated heterocycles. The molecule has 26 heavy (non-hydrogen) atoms. The minimum Gasteiger partial charge on any atom is -0.359 e. The van der Waals surface area contributed by atoms with Gasteiger partial charge in [0.25, 0.3) is 0 Å². The van der Waals surface area contributed by atoms with E-state index in [-0.39, 0.29) is 24.1 Å². The van der Waals surface area contributed by atoms with Crippen LogP contribution in [0.2, 0.25) is 5.02 Å². The molecule has 0 saturated carbocycles. The van der Waals surface area contributed by atoms with Crippen LogP contribution >= 0.6 is 23.4 Å². The Labute approximate surface area is 159 Å². The summed E-state index contributed by atoms with van der Waals surface area (Å²) < 4.78 is 4.88. The summed E-state index contributed by atoms with van der Waals surface area (Å²) in [4.78, 5) is 29.5. The number of halogens is 1. The van der Waals surface area contributed by atoms with Crippen molar-refractivity contribution < 1.29 is 14.1 Å². The minimum atomic E-state index is -0.142. The highest BCUT2D eigenvalue weighted by atomic mass is 35.5. The van der Waals surface area contributed by atoms with E-state index in [4.69, 9.17) is 16.1 Å². The fourth-order valence-corrected chi connectivity index (χ4v) is 3.48. The number of rotatable bonds is 6. The molecule has 0 atom stereocenters. The molecule has 0 unspecified atom stereocenters. The van der Waals surface area contributed by atoms with Crippen molar-refractivity contribution in [1.29, 1.82) is 0 Å². The lowest BCUT2D eigenvalue weighted by molar-refractivity contribution is -0.120. The van der Waals surface area contributed by atoms with E-state index in [1.807, 2.05) is 11.0 Å². The van der Waals surface area contributed by atoms with Gasteiger partial charge in [-0.3, -0.25) is 9.59 Å². The summed E-state index contributed by atoms with van der Waals surface area (Å²) in [6, 6.07) is 5.28. The van der Waals surface area contributed by atoms with Crippen LogP contribution in [-0.2, 0) is 15.3 Å². The fraction of sp³-hybridized carbons (Fsp3) is 0.375. The normalized spacial score (nSPS) is 14.2. The molecule has 8 nitrogen and oxygen atoms in total. The number of hydrogen-bond donors (Lipinski definition) is 2. The van der Waals surface area contributed by atoms with E-state index in [0.29, 0.717) is 41.3 Å². The zero-order valence-corrected chi connectivity index (χ0v) is 15.7. The summed E-state index contributed by atoms with van der Waals surface area (Å²) in [7, 11) is 0. The SMILES string of the molecule is Cc1nc(CSCC(=O)Nc2ccc(N3CCNC(=O)C3)c(Cl)c2)no1. The number of thioether (sulfide) groups is 1. The second kappa shape index (κ2) is 8.41. The van der Waals surface area contributed by atoms with Crippen LogP contribution in [0.1, 0.15) is 11.7 Å². The van der Waals surface area contributed by atoms with E-state index < -0.39 is 0 Å². The first-order valence-electron chi connectivity index (χ1n) is 7.99. The number of nitrogens with zero attached hydrogens (tertiary/aromatic N) is 3. The molecule has 2 heterocycles. The zero-order chi connectivity index (χ0) is 18.5. The lowest BCUT2D eigenvalue weighted by Crippen LogP contribution is -2.47. The summed E-state index contributed by atoms with van der Waals surface area (Å²) in [6.07, 6.45) is 0. The third kappa shape index (κ3) is 4.89. The molecule has 0 radical (unpaired) electrons. The number of benzene rings is 1. The van der Waals surface area contributed by atoms with Gasteiger partial charge in [-0.15, -0.1) is 11.8 Å². The highest BCUT2D eigenvalue weighted by molar-refractivity contribution is 7.99. The highest BCUT2D eigenvalue weighted by Gasteiger charge is 2.19. The first kappa shape index (κ1) is 18.5. The number of amides is 2. The van der Waals surface area contributed by atoms with E-state index in [9.17, 15) is 9.59 Å². The van der Waals surface area contributed by atoms with Gasteiger partial charge >= 0.3 is 0 Å². The molecule has 1 aromatic heterocycles. The van der Waals surface area contributed by atoms with Gasteiger partial charge in [-0.2, -0.15) is 4.98 Å². The first-order valence-corrected chi connectivity index (χ1v) is 9.52. The Hall–Kier alpha value is -2.26. The molecule has 0 aliphatic carbocycles. The zero-order valence-electron chi connectivity index (χ0n) is 14.1. The van der Waals surface area contributed by atoms with Crippen LogP contribution in [0.15, 0.2) is 22.7 Å².